The second kappa shape index (κ2) is 5.10. The van der Waals surface area contributed by atoms with Crippen molar-refractivity contribution in [1.82, 2.24) is 4.98 Å². The van der Waals surface area contributed by atoms with Crippen molar-refractivity contribution in [1.29, 1.82) is 5.26 Å². The number of benzene rings is 1. The van der Waals surface area contributed by atoms with Gasteiger partial charge in [0, 0.05) is 18.5 Å². The zero-order valence-corrected chi connectivity index (χ0v) is 13.1. The van der Waals surface area contributed by atoms with Crippen molar-refractivity contribution in [2.24, 2.45) is 5.41 Å². The Kier molecular flexibility index (Phi) is 3.14. The van der Waals surface area contributed by atoms with E-state index < -0.39 is 11.5 Å². The molecule has 1 aliphatic heterocycles. The van der Waals surface area contributed by atoms with E-state index in [9.17, 15) is 20.0 Å². The van der Waals surface area contributed by atoms with Gasteiger partial charge >= 0.3 is 5.97 Å². The molecular weight excluding hydrogens is 306 g/mol. The van der Waals surface area contributed by atoms with Crippen LogP contribution in [0.3, 0.4) is 0 Å². The number of piperidine rings is 1. The monoisotopic (exact) mass is 323 g/mol. The molecule has 2 aromatic rings. The molecule has 2 heterocycles. The van der Waals surface area contributed by atoms with Crippen LogP contribution in [0.15, 0.2) is 23.0 Å². The van der Waals surface area contributed by atoms with Gasteiger partial charge in [0.05, 0.1) is 16.8 Å². The minimum absolute atomic E-state index is 0.0665. The van der Waals surface area contributed by atoms with Gasteiger partial charge in [-0.15, -0.1) is 0 Å². The molecular formula is C18H17N3O3. The van der Waals surface area contributed by atoms with Crippen LogP contribution in [-0.4, -0.2) is 29.1 Å². The fraction of sp³-hybridized carbons (Fsp3) is 0.389. The molecule has 24 heavy (non-hydrogen) atoms. The van der Waals surface area contributed by atoms with Crippen molar-refractivity contribution >= 4 is 22.6 Å². The first kappa shape index (κ1) is 14.8. The molecule has 4 rings (SSSR count). The SMILES string of the molecule is N#Cc1c(N2CCC3(CC2)CC3)c2cc(C(=O)O)ccc2[nH]c1=O. The molecule has 1 aliphatic carbocycles. The zero-order valence-electron chi connectivity index (χ0n) is 13.1. The summed E-state index contributed by atoms with van der Waals surface area (Å²) in [5, 5.41) is 19.3. The number of carboxylic acids is 1. The maximum atomic E-state index is 12.3. The summed E-state index contributed by atoms with van der Waals surface area (Å²) < 4.78 is 0. The molecule has 6 heteroatoms. The van der Waals surface area contributed by atoms with Gasteiger partial charge in [-0.25, -0.2) is 4.79 Å². The molecule has 2 N–H and O–H groups in total. The molecule has 0 atom stereocenters. The molecule has 6 nitrogen and oxygen atoms in total. The van der Waals surface area contributed by atoms with Crippen molar-refractivity contribution in [2.75, 3.05) is 18.0 Å². The highest BCUT2D eigenvalue weighted by Crippen LogP contribution is 2.54. The number of pyridine rings is 1. The number of nitrogens with one attached hydrogen (secondary N) is 1. The maximum absolute atomic E-state index is 12.3. The number of aromatic nitrogens is 1. The Morgan fingerprint density at radius 1 is 1.25 bits per heavy atom. The number of hydrogen-bond donors (Lipinski definition) is 2. The number of nitriles is 1. The lowest BCUT2D eigenvalue weighted by Gasteiger charge is -2.34. The largest absolute Gasteiger partial charge is 0.478 e. The molecule has 0 unspecified atom stereocenters. The number of carbonyl (C=O) groups is 1. The number of anilines is 1. The Bertz CT molecular complexity index is 940. The number of hydrogen-bond acceptors (Lipinski definition) is 4. The molecule has 0 radical (unpaired) electrons. The van der Waals surface area contributed by atoms with Crippen LogP contribution in [-0.2, 0) is 0 Å². The summed E-state index contributed by atoms with van der Waals surface area (Å²) >= 11 is 0. The molecule has 1 aromatic carbocycles. The third-order valence-corrected chi connectivity index (χ3v) is 5.44. The van der Waals surface area contributed by atoms with E-state index in [1.807, 2.05) is 6.07 Å². The van der Waals surface area contributed by atoms with E-state index in [1.54, 1.807) is 12.1 Å². The summed E-state index contributed by atoms with van der Waals surface area (Å²) in [6, 6.07) is 6.61. The topological polar surface area (TPSA) is 97.2 Å². The smallest absolute Gasteiger partial charge is 0.335 e. The number of rotatable bonds is 2. The van der Waals surface area contributed by atoms with Crippen LogP contribution in [0.5, 0.6) is 0 Å². The average Bonchev–Trinajstić information content (AvgIpc) is 3.33. The first-order valence-corrected chi connectivity index (χ1v) is 8.11. The summed E-state index contributed by atoms with van der Waals surface area (Å²) in [6.07, 6.45) is 4.66. The van der Waals surface area contributed by atoms with Crippen molar-refractivity contribution in [3.05, 3.63) is 39.7 Å². The highest BCUT2D eigenvalue weighted by molar-refractivity contribution is 5.99. The van der Waals surface area contributed by atoms with Crippen molar-refractivity contribution in [3.8, 4) is 6.07 Å². The second-order valence-corrected chi connectivity index (χ2v) is 6.84. The van der Waals surface area contributed by atoms with E-state index >= 15 is 0 Å². The Morgan fingerprint density at radius 3 is 2.54 bits per heavy atom. The van der Waals surface area contributed by atoms with Gasteiger partial charge in [-0.3, -0.25) is 4.79 Å². The van der Waals surface area contributed by atoms with Crippen molar-refractivity contribution < 1.29 is 9.90 Å². The third kappa shape index (κ3) is 2.24. The van der Waals surface area contributed by atoms with Gasteiger partial charge in [0.15, 0.2) is 0 Å². The number of fused-ring (bicyclic) bond motifs is 1. The van der Waals surface area contributed by atoms with E-state index in [-0.39, 0.29) is 11.1 Å². The van der Waals surface area contributed by atoms with Gasteiger partial charge < -0.3 is 15.0 Å². The number of aromatic carboxylic acids is 1. The zero-order chi connectivity index (χ0) is 16.9. The summed E-state index contributed by atoms with van der Waals surface area (Å²) in [7, 11) is 0. The molecule has 1 saturated carbocycles. The predicted molar refractivity (Wildman–Crippen MR) is 89.4 cm³/mol. The first-order chi connectivity index (χ1) is 11.5. The van der Waals surface area contributed by atoms with Crippen molar-refractivity contribution in [3.63, 3.8) is 0 Å². The fourth-order valence-corrected chi connectivity index (χ4v) is 3.72. The van der Waals surface area contributed by atoms with Crippen molar-refractivity contribution in [2.45, 2.75) is 25.7 Å². The number of H-pyrrole nitrogens is 1. The summed E-state index contributed by atoms with van der Waals surface area (Å²) in [6.45, 7) is 1.59. The fourth-order valence-electron chi connectivity index (χ4n) is 3.72. The van der Waals surface area contributed by atoms with Crippen LogP contribution >= 0.6 is 0 Å². The highest BCUT2D eigenvalue weighted by Gasteiger charge is 2.44. The molecule has 1 spiro atoms. The standard InChI is InChI=1S/C18H17N3O3/c19-10-13-15(21-7-5-18(3-4-18)6-8-21)12-9-11(17(23)24)1-2-14(12)20-16(13)22/h1-2,9H,3-8H2,(H,20,22)(H,23,24). The molecule has 2 fully saturated rings. The maximum Gasteiger partial charge on any atom is 0.335 e. The Balaban J connectivity index is 1.90. The van der Waals surface area contributed by atoms with Crippen LogP contribution in [0.2, 0.25) is 0 Å². The highest BCUT2D eigenvalue weighted by atomic mass is 16.4. The lowest BCUT2D eigenvalue weighted by Crippen LogP contribution is -2.36. The molecule has 1 aromatic heterocycles. The lowest BCUT2D eigenvalue weighted by atomic mass is 9.92. The Labute approximate surface area is 138 Å². The Hall–Kier alpha value is -2.81. The summed E-state index contributed by atoms with van der Waals surface area (Å²) in [5.41, 5.74) is 1.41. The van der Waals surface area contributed by atoms with E-state index in [2.05, 4.69) is 9.88 Å². The van der Waals surface area contributed by atoms with Crippen LogP contribution in [0, 0.1) is 16.7 Å². The van der Waals surface area contributed by atoms with E-state index in [4.69, 9.17) is 0 Å². The summed E-state index contributed by atoms with van der Waals surface area (Å²) in [5.74, 6) is -1.02. The number of nitrogens with zero attached hydrogens (tertiary/aromatic N) is 2. The molecule has 0 amide bonds. The van der Waals surface area contributed by atoms with Crippen LogP contribution in [0.4, 0.5) is 5.69 Å². The van der Waals surface area contributed by atoms with Gasteiger partial charge in [-0.05, 0) is 49.3 Å². The minimum Gasteiger partial charge on any atom is -0.478 e. The molecule has 1 saturated heterocycles. The minimum atomic E-state index is -1.02. The quantitative estimate of drug-likeness (QED) is 0.885. The average molecular weight is 323 g/mol. The predicted octanol–water partition coefficient (Wildman–Crippen LogP) is 2.48. The normalized spacial score (nSPS) is 18.5. The van der Waals surface area contributed by atoms with Gasteiger partial charge in [0.2, 0.25) is 0 Å². The van der Waals surface area contributed by atoms with E-state index in [1.165, 1.54) is 18.9 Å². The van der Waals surface area contributed by atoms with E-state index in [0.29, 0.717) is 22.0 Å². The van der Waals surface area contributed by atoms with Gasteiger partial charge in [-0.2, -0.15) is 5.26 Å². The van der Waals surface area contributed by atoms with Crippen LogP contribution in [0.25, 0.3) is 10.9 Å². The third-order valence-electron chi connectivity index (χ3n) is 5.44. The van der Waals surface area contributed by atoms with Gasteiger partial charge in [0.25, 0.3) is 5.56 Å². The van der Waals surface area contributed by atoms with Crippen LogP contribution in [0.1, 0.15) is 41.6 Å². The second-order valence-electron chi connectivity index (χ2n) is 6.84. The summed E-state index contributed by atoms with van der Waals surface area (Å²) in [4.78, 5) is 28.3. The molecule has 0 bridgehead atoms. The Morgan fingerprint density at radius 2 is 1.96 bits per heavy atom. The first-order valence-electron chi connectivity index (χ1n) is 8.11. The van der Waals surface area contributed by atoms with Crippen LogP contribution < -0.4 is 10.5 Å². The molecule has 122 valence electrons. The number of aromatic amines is 1. The van der Waals surface area contributed by atoms with E-state index in [0.717, 1.165) is 25.9 Å². The lowest BCUT2D eigenvalue weighted by molar-refractivity contribution is 0.0697. The molecule has 2 aliphatic rings. The van der Waals surface area contributed by atoms with Gasteiger partial charge in [0.1, 0.15) is 11.6 Å². The van der Waals surface area contributed by atoms with Gasteiger partial charge in [-0.1, -0.05) is 0 Å². The number of carboxylic acid groups (broad SMARTS) is 1.